The van der Waals surface area contributed by atoms with Crippen LogP contribution in [0.3, 0.4) is 0 Å². The SMILES string of the molecule is CC=CCOc1ccc(C2CC[C@@H]3C[C@H](C=CC)CC[C@@H]3C2)cc1. The van der Waals surface area contributed by atoms with E-state index in [1.54, 1.807) is 0 Å². The van der Waals surface area contributed by atoms with E-state index >= 15 is 0 Å². The molecule has 0 aromatic heterocycles. The second kappa shape index (κ2) is 8.55. The zero-order valence-electron chi connectivity index (χ0n) is 15.3. The molecule has 0 saturated heterocycles. The Morgan fingerprint density at radius 3 is 2.42 bits per heavy atom. The van der Waals surface area contributed by atoms with Crippen molar-refractivity contribution in [2.24, 2.45) is 17.8 Å². The molecule has 0 heterocycles. The van der Waals surface area contributed by atoms with Crippen molar-refractivity contribution in [2.45, 2.75) is 58.3 Å². The van der Waals surface area contributed by atoms with Gasteiger partial charge in [-0.1, -0.05) is 36.4 Å². The summed E-state index contributed by atoms with van der Waals surface area (Å²) in [7, 11) is 0. The molecule has 4 atom stereocenters. The maximum atomic E-state index is 5.72. The van der Waals surface area contributed by atoms with Crippen molar-refractivity contribution in [2.75, 3.05) is 6.61 Å². The average Bonchev–Trinajstić information content (AvgIpc) is 2.62. The maximum absolute atomic E-state index is 5.72. The summed E-state index contributed by atoms with van der Waals surface area (Å²) in [5.74, 6) is 4.52. The van der Waals surface area contributed by atoms with Crippen LogP contribution in [0.2, 0.25) is 0 Å². The van der Waals surface area contributed by atoms with Crippen molar-refractivity contribution in [1.29, 1.82) is 0 Å². The summed E-state index contributed by atoms with van der Waals surface area (Å²) in [4.78, 5) is 0. The summed E-state index contributed by atoms with van der Waals surface area (Å²) in [5.41, 5.74) is 1.52. The molecule has 1 aromatic rings. The smallest absolute Gasteiger partial charge is 0.119 e. The number of fused-ring (bicyclic) bond motifs is 1. The first-order valence-corrected chi connectivity index (χ1v) is 9.77. The molecule has 1 aromatic carbocycles. The lowest BCUT2D eigenvalue weighted by molar-refractivity contribution is 0.133. The highest BCUT2D eigenvalue weighted by Gasteiger charge is 2.35. The number of hydrogen-bond donors (Lipinski definition) is 0. The van der Waals surface area contributed by atoms with Gasteiger partial charge in [0.25, 0.3) is 0 Å². The Bertz CT molecular complexity index is 554. The van der Waals surface area contributed by atoms with Crippen LogP contribution >= 0.6 is 0 Å². The van der Waals surface area contributed by atoms with Gasteiger partial charge in [-0.2, -0.15) is 0 Å². The van der Waals surface area contributed by atoms with Crippen molar-refractivity contribution < 1.29 is 4.74 Å². The van der Waals surface area contributed by atoms with Gasteiger partial charge in [0.1, 0.15) is 12.4 Å². The fraction of sp³-hybridized carbons (Fsp3) is 0.565. The predicted octanol–water partition coefficient (Wildman–Crippen LogP) is 6.52. The van der Waals surface area contributed by atoms with E-state index < -0.39 is 0 Å². The summed E-state index contributed by atoms with van der Waals surface area (Å²) in [6.07, 6.45) is 17.2. The van der Waals surface area contributed by atoms with E-state index in [1.807, 2.05) is 19.1 Å². The molecule has 1 unspecified atom stereocenters. The van der Waals surface area contributed by atoms with Gasteiger partial charge in [0.05, 0.1) is 0 Å². The van der Waals surface area contributed by atoms with Crippen LogP contribution in [0.15, 0.2) is 48.6 Å². The van der Waals surface area contributed by atoms with Crippen LogP contribution in [0, 0.1) is 17.8 Å². The van der Waals surface area contributed by atoms with Gasteiger partial charge < -0.3 is 4.74 Å². The van der Waals surface area contributed by atoms with Gasteiger partial charge in [0.2, 0.25) is 0 Å². The van der Waals surface area contributed by atoms with Crippen LogP contribution in [-0.2, 0) is 0 Å². The van der Waals surface area contributed by atoms with E-state index in [9.17, 15) is 0 Å². The molecule has 2 fully saturated rings. The van der Waals surface area contributed by atoms with Gasteiger partial charge >= 0.3 is 0 Å². The van der Waals surface area contributed by atoms with E-state index in [-0.39, 0.29) is 0 Å². The number of allylic oxidation sites excluding steroid dienone is 3. The molecule has 130 valence electrons. The highest BCUT2D eigenvalue weighted by atomic mass is 16.5. The largest absolute Gasteiger partial charge is 0.490 e. The third kappa shape index (κ3) is 4.32. The minimum atomic E-state index is 0.663. The first-order valence-electron chi connectivity index (χ1n) is 9.77. The summed E-state index contributed by atoms with van der Waals surface area (Å²) < 4.78 is 5.72. The van der Waals surface area contributed by atoms with E-state index in [1.165, 1.54) is 44.1 Å². The van der Waals surface area contributed by atoms with Gasteiger partial charge in [-0.25, -0.2) is 0 Å². The lowest BCUT2D eigenvalue weighted by atomic mass is 9.64. The minimum absolute atomic E-state index is 0.663. The van der Waals surface area contributed by atoms with Gasteiger partial charge in [0.15, 0.2) is 0 Å². The molecular weight excluding hydrogens is 292 g/mol. The number of ether oxygens (including phenoxy) is 1. The summed E-state index contributed by atoms with van der Waals surface area (Å²) in [6.45, 7) is 4.85. The topological polar surface area (TPSA) is 9.23 Å². The molecule has 1 heteroatoms. The van der Waals surface area contributed by atoms with Gasteiger partial charge in [-0.15, -0.1) is 0 Å². The van der Waals surface area contributed by atoms with Gasteiger partial charge in [0, 0.05) is 0 Å². The molecule has 1 nitrogen and oxygen atoms in total. The fourth-order valence-corrected chi connectivity index (χ4v) is 4.75. The van der Waals surface area contributed by atoms with Gasteiger partial charge in [-0.3, -0.25) is 0 Å². The molecular formula is C23H32O. The van der Waals surface area contributed by atoms with Crippen LogP contribution in [0.5, 0.6) is 5.75 Å². The molecule has 0 amide bonds. The predicted molar refractivity (Wildman–Crippen MR) is 102 cm³/mol. The number of benzene rings is 1. The Balaban J connectivity index is 1.56. The Hall–Kier alpha value is -1.50. The molecule has 2 saturated carbocycles. The summed E-state index contributed by atoms with van der Waals surface area (Å²) in [5, 5.41) is 0. The lowest BCUT2D eigenvalue weighted by Crippen LogP contribution is -2.30. The second-order valence-corrected chi connectivity index (χ2v) is 7.58. The molecule has 3 rings (SSSR count). The first-order chi connectivity index (χ1) is 11.8. The van der Waals surface area contributed by atoms with E-state index in [2.05, 4.69) is 43.3 Å². The quantitative estimate of drug-likeness (QED) is 0.560. The molecule has 24 heavy (non-hydrogen) atoms. The second-order valence-electron chi connectivity index (χ2n) is 7.58. The van der Waals surface area contributed by atoms with Gasteiger partial charge in [-0.05, 0) is 93.7 Å². The molecule has 0 bridgehead atoms. The molecule has 0 N–H and O–H groups in total. The Kier molecular flexibility index (Phi) is 6.18. The summed E-state index contributed by atoms with van der Waals surface area (Å²) >= 11 is 0. The van der Waals surface area contributed by atoms with Crippen molar-refractivity contribution in [3.05, 3.63) is 54.1 Å². The minimum Gasteiger partial charge on any atom is -0.490 e. The normalized spacial score (nSPS) is 30.6. The highest BCUT2D eigenvalue weighted by molar-refractivity contribution is 5.30. The van der Waals surface area contributed by atoms with Crippen molar-refractivity contribution in [3.63, 3.8) is 0 Å². The molecule has 2 aliphatic carbocycles. The first kappa shape index (κ1) is 17.3. The Morgan fingerprint density at radius 1 is 0.917 bits per heavy atom. The standard InChI is InChI=1S/C23H32O/c1-3-5-15-24-23-13-11-19(12-14-23)21-10-9-20-16-18(6-4-2)7-8-22(20)17-21/h3-6,11-14,18,20-22H,7-10,15-17H2,1-2H3/t18-,20-,21?,22-/m1/s1. The van der Waals surface area contributed by atoms with Crippen LogP contribution in [0.25, 0.3) is 0 Å². The zero-order chi connectivity index (χ0) is 16.8. The Morgan fingerprint density at radius 2 is 1.67 bits per heavy atom. The average molecular weight is 325 g/mol. The molecule has 0 spiro atoms. The van der Waals surface area contributed by atoms with Crippen molar-refractivity contribution >= 4 is 0 Å². The van der Waals surface area contributed by atoms with E-state index in [0.29, 0.717) is 6.61 Å². The van der Waals surface area contributed by atoms with Crippen LogP contribution in [0.4, 0.5) is 0 Å². The highest BCUT2D eigenvalue weighted by Crippen LogP contribution is 2.47. The zero-order valence-corrected chi connectivity index (χ0v) is 15.3. The van der Waals surface area contributed by atoms with Crippen LogP contribution in [0.1, 0.15) is 63.9 Å². The fourth-order valence-electron chi connectivity index (χ4n) is 4.75. The third-order valence-corrected chi connectivity index (χ3v) is 6.05. The Labute approximate surface area is 147 Å². The number of hydrogen-bond acceptors (Lipinski definition) is 1. The lowest BCUT2D eigenvalue weighted by Gasteiger charge is -2.41. The maximum Gasteiger partial charge on any atom is 0.119 e. The molecule has 0 aliphatic heterocycles. The van der Waals surface area contributed by atoms with E-state index in [0.717, 1.165) is 29.4 Å². The third-order valence-electron chi connectivity index (χ3n) is 6.05. The van der Waals surface area contributed by atoms with Crippen LogP contribution < -0.4 is 4.74 Å². The van der Waals surface area contributed by atoms with Crippen molar-refractivity contribution in [1.82, 2.24) is 0 Å². The molecule has 2 aliphatic rings. The summed E-state index contributed by atoms with van der Waals surface area (Å²) in [6, 6.07) is 8.88. The van der Waals surface area contributed by atoms with Crippen molar-refractivity contribution in [3.8, 4) is 5.75 Å². The number of rotatable bonds is 5. The molecule has 0 radical (unpaired) electrons. The monoisotopic (exact) mass is 324 g/mol. The van der Waals surface area contributed by atoms with E-state index in [4.69, 9.17) is 4.74 Å². The van der Waals surface area contributed by atoms with Crippen LogP contribution in [-0.4, -0.2) is 6.61 Å².